The lowest BCUT2D eigenvalue weighted by Crippen LogP contribution is -2.47. The minimum atomic E-state index is -4.98. The molecule has 142 valence electrons. The van der Waals surface area contributed by atoms with Crippen LogP contribution >= 0.6 is 0 Å². The van der Waals surface area contributed by atoms with Crippen molar-refractivity contribution in [1.29, 1.82) is 0 Å². The molecule has 2 aromatic carbocycles. The summed E-state index contributed by atoms with van der Waals surface area (Å²) in [4.78, 5) is 25.8. The fourth-order valence-corrected chi connectivity index (χ4v) is 4.05. The normalized spacial score (nSPS) is 16.3. The first kappa shape index (κ1) is 19.0. The molecule has 0 unspecified atom stereocenters. The Kier molecular flexibility index (Phi) is 4.97. The molecule has 27 heavy (non-hydrogen) atoms. The second-order valence-corrected chi connectivity index (χ2v) is 7.83. The number of carbonyl (C=O) groups is 2. The third-order valence-corrected chi connectivity index (χ3v) is 5.84. The van der Waals surface area contributed by atoms with E-state index in [-0.39, 0.29) is 6.42 Å². The standard InChI is InChI=1S/C18H16F2N2O4S/c1-21-16(23)14-10-11-6-2-4-8-13(11)22(14)17(24)12-7-3-5-9-15(12)27(25,26)18(19)20/h2-9,14,18H,10H2,1H3,(H,21,23)/t14-/m0/s1. The lowest BCUT2D eigenvalue weighted by molar-refractivity contribution is -0.121. The maximum absolute atomic E-state index is 13.2. The predicted molar refractivity (Wildman–Crippen MR) is 94.4 cm³/mol. The molecule has 3 rings (SSSR count). The van der Waals surface area contributed by atoms with Crippen molar-refractivity contribution < 1.29 is 26.8 Å². The molecule has 0 aliphatic carbocycles. The Morgan fingerprint density at radius 1 is 1.11 bits per heavy atom. The van der Waals surface area contributed by atoms with E-state index in [2.05, 4.69) is 5.32 Å². The molecule has 9 heteroatoms. The van der Waals surface area contributed by atoms with Gasteiger partial charge in [-0.15, -0.1) is 0 Å². The number of hydrogen-bond acceptors (Lipinski definition) is 4. The Morgan fingerprint density at radius 3 is 2.41 bits per heavy atom. The molecule has 1 aliphatic heterocycles. The number of nitrogens with zero attached hydrogens (tertiary/aromatic N) is 1. The van der Waals surface area contributed by atoms with Crippen molar-refractivity contribution in [3.8, 4) is 0 Å². The molecule has 6 nitrogen and oxygen atoms in total. The number of rotatable bonds is 4. The van der Waals surface area contributed by atoms with Gasteiger partial charge in [-0.25, -0.2) is 8.42 Å². The molecule has 1 N–H and O–H groups in total. The van der Waals surface area contributed by atoms with Crippen LogP contribution in [-0.2, 0) is 21.1 Å². The van der Waals surface area contributed by atoms with Crippen molar-refractivity contribution in [2.75, 3.05) is 11.9 Å². The van der Waals surface area contributed by atoms with Crippen molar-refractivity contribution in [2.24, 2.45) is 0 Å². The molecule has 2 aromatic rings. The van der Waals surface area contributed by atoms with E-state index in [1.165, 1.54) is 25.2 Å². The van der Waals surface area contributed by atoms with Gasteiger partial charge in [0.2, 0.25) is 15.7 Å². The summed E-state index contributed by atoms with van der Waals surface area (Å²) in [6.45, 7) is 0. The van der Waals surface area contributed by atoms with E-state index in [1.807, 2.05) is 0 Å². The van der Waals surface area contributed by atoms with Crippen molar-refractivity contribution in [2.45, 2.75) is 23.1 Å². The number of alkyl halides is 2. The van der Waals surface area contributed by atoms with Gasteiger partial charge in [0.05, 0.1) is 10.5 Å². The van der Waals surface area contributed by atoms with Crippen LogP contribution in [0.5, 0.6) is 0 Å². The second-order valence-electron chi connectivity index (χ2n) is 5.94. The van der Waals surface area contributed by atoms with Crippen LogP contribution < -0.4 is 10.2 Å². The topological polar surface area (TPSA) is 83.6 Å². The van der Waals surface area contributed by atoms with Crippen LogP contribution in [0.3, 0.4) is 0 Å². The molecule has 0 bridgehead atoms. The number of anilines is 1. The van der Waals surface area contributed by atoms with Crippen molar-refractivity contribution in [3.05, 3.63) is 59.7 Å². The summed E-state index contributed by atoms with van der Waals surface area (Å²) in [6.07, 6.45) is 0.241. The van der Waals surface area contributed by atoms with E-state index in [9.17, 15) is 26.8 Å². The van der Waals surface area contributed by atoms with Crippen LogP contribution in [-0.4, -0.2) is 39.1 Å². The van der Waals surface area contributed by atoms with Crippen LogP contribution in [0.25, 0.3) is 0 Å². The average Bonchev–Trinajstić information content (AvgIpc) is 3.06. The number of para-hydroxylation sites is 1. The fraction of sp³-hybridized carbons (Fsp3) is 0.222. The lowest BCUT2D eigenvalue weighted by atomic mass is 10.1. The van der Waals surface area contributed by atoms with Gasteiger partial charge in [-0.05, 0) is 23.8 Å². The molecule has 0 spiro atoms. The number of amides is 2. The summed E-state index contributed by atoms with van der Waals surface area (Å²) >= 11 is 0. The number of sulfone groups is 1. The van der Waals surface area contributed by atoms with Crippen molar-refractivity contribution in [3.63, 3.8) is 0 Å². The Balaban J connectivity index is 2.14. The number of nitrogens with one attached hydrogen (secondary N) is 1. The number of fused-ring (bicyclic) bond motifs is 1. The van der Waals surface area contributed by atoms with E-state index in [0.29, 0.717) is 5.69 Å². The van der Waals surface area contributed by atoms with E-state index in [1.54, 1.807) is 24.3 Å². The minimum Gasteiger partial charge on any atom is -0.357 e. The van der Waals surface area contributed by atoms with E-state index < -0.39 is 43.9 Å². The maximum atomic E-state index is 13.2. The molecule has 1 heterocycles. The number of carbonyl (C=O) groups excluding carboxylic acids is 2. The third kappa shape index (κ3) is 3.18. The first-order valence-electron chi connectivity index (χ1n) is 8.03. The summed E-state index contributed by atoms with van der Waals surface area (Å²) in [5, 5.41) is 2.47. The summed E-state index contributed by atoms with van der Waals surface area (Å²) in [5.41, 5.74) is 0.775. The number of benzene rings is 2. The van der Waals surface area contributed by atoms with E-state index in [0.717, 1.165) is 16.5 Å². The molecular weight excluding hydrogens is 378 g/mol. The van der Waals surface area contributed by atoms with Gasteiger partial charge in [0.15, 0.2) is 0 Å². The van der Waals surface area contributed by atoms with Crippen LogP contribution in [0.4, 0.5) is 14.5 Å². The Hall–Kier alpha value is -2.81. The highest BCUT2D eigenvalue weighted by molar-refractivity contribution is 7.91. The highest BCUT2D eigenvalue weighted by atomic mass is 32.2. The molecule has 0 saturated carbocycles. The van der Waals surface area contributed by atoms with E-state index >= 15 is 0 Å². The minimum absolute atomic E-state index is 0.241. The smallest absolute Gasteiger partial charge is 0.341 e. The predicted octanol–water partition coefficient (Wildman–Crippen LogP) is 2.00. The van der Waals surface area contributed by atoms with Gasteiger partial charge in [0.1, 0.15) is 6.04 Å². The van der Waals surface area contributed by atoms with Gasteiger partial charge >= 0.3 is 5.76 Å². The van der Waals surface area contributed by atoms with Gasteiger partial charge in [-0.2, -0.15) is 8.78 Å². The highest BCUT2D eigenvalue weighted by Gasteiger charge is 2.40. The number of likely N-dealkylation sites (N-methyl/N-ethyl adjacent to an activating group) is 1. The molecule has 1 atom stereocenters. The van der Waals surface area contributed by atoms with Crippen molar-refractivity contribution >= 4 is 27.3 Å². The molecule has 0 radical (unpaired) electrons. The van der Waals surface area contributed by atoms with Crippen LogP contribution in [0.2, 0.25) is 0 Å². The van der Waals surface area contributed by atoms with Gasteiger partial charge in [0, 0.05) is 19.2 Å². The summed E-state index contributed by atoms with van der Waals surface area (Å²) in [7, 11) is -3.56. The maximum Gasteiger partial charge on any atom is 0.341 e. The summed E-state index contributed by atoms with van der Waals surface area (Å²) in [6, 6.07) is 10.7. The van der Waals surface area contributed by atoms with Crippen LogP contribution in [0, 0.1) is 0 Å². The monoisotopic (exact) mass is 394 g/mol. The van der Waals surface area contributed by atoms with Crippen LogP contribution in [0.1, 0.15) is 15.9 Å². The number of hydrogen-bond donors (Lipinski definition) is 1. The lowest BCUT2D eigenvalue weighted by Gasteiger charge is -2.25. The zero-order chi connectivity index (χ0) is 19.8. The molecule has 2 amide bonds. The number of halogens is 2. The molecule has 0 saturated heterocycles. The fourth-order valence-electron chi connectivity index (χ4n) is 3.13. The van der Waals surface area contributed by atoms with E-state index in [4.69, 9.17) is 0 Å². The second kappa shape index (κ2) is 7.07. The van der Waals surface area contributed by atoms with Gasteiger partial charge in [-0.1, -0.05) is 30.3 Å². The largest absolute Gasteiger partial charge is 0.357 e. The first-order chi connectivity index (χ1) is 12.8. The zero-order valence-electron chi connectivity index (χ0n) is 14.2. The average molecular weight is 394 g/mol. The van der Waals surface area contributed by atoms with Crippen LogP contribution in [0.15, 0.2) is 53.4 Å². The highest BCUT2D eigenvalue weighted by Crippen LogP contribution is 2.35. The molecular formula is C18H16F2N2O4S. The summed E-state index contributed by atoms with van der Waals surface area (Å²) < 4.78 is 50.1. The molecule has 1 aliphatic rings. The first-order valence-corrected chi connectivity index (χ1v) is 9.57. The van der Waals surface area contributed by atoms with Crippen molar-refractivity contribution in [1.82, 2.24) is 5.32 Å². The molecule has 0 fully saturated rings. The Labute approximate surface area is 154 Å². The summed E-state index contributed by atoms with van der Waals surface area (Å²) in [5.74, 6) is -4.92. The zero-order valence-corrected chi connectivity index (χ0v) is 15.0. The Morgan fingerprint density at radius 2 is 1.74 bits per heavy atom. The van der Waals surface area contributed by atoms with Gasteiger partial charge < -0.3 is 5.32 Å². The van der Waals surface area contributed by atoms with Gasteiger partial charge in [-0.3, -0.25) is 14.5 Å². The SMILES string of the molecule is CNC(=O)[C@@H]1Cc2ccccc2N1C(=O)c1ccccc1S(=O)(=O)C(F)F. The third-order valence-electron chi connectivity index (χ3n) is 4.40. The molecule has 0 aromatic heterocycles. The van der Waals surface area contributed by atoms with Gasteiger partial charge in [0.25, 0.3) is 5.91 Å². The Bertz CT molecular complexity index is 1010. The quantitative estimate of drug-likeness (QED) is 0.860.